The van der Waals surface area contributed by atoms with Gasteiger partial charge < -0.3 is 9.15 Å². The standard InChI is InChI=1S/C12H7N2O2/c1-15-7-11-12-9(6-16-11)3-2-8(4-13)10(12)5-14/h2-3,6-7H,1H3. The summed E-state index contributed by atoms with van der Waals surface area (Å²) in [5.74, 6) is 0.450. The molecule has 0 aliphatic rings. The molecule has 77 valence electrons. The molecule has 16 heavy (non-hydrogen) atoms. The zero-order valence-corrected chi connectivity index (χ0v) is 8.52. The van der Waals surface area contributed by atoms with Crippen molar-refractivity contribution >= 4 is 10.8 Å². The number of benzene rings is 1. The van der Waals surface area contributed by atoms with E-state index >= 15 is 0 Å². The fourth-order valence-corrected chi connectivity index (χ4v) is 1.57. The molecule has 2 aromatic rings. The van der Waals surface area contributed by atoms with Gasteiger partial charge in [0.05, 0.1) is 17.4 Å². The molecule has 0 unspecified atom stereocenters. The number of fused-ring (bicyclic) bond motifs is 1. The molecule has 0 aliphatic carbocycles. The lowest BCUT2D eigenvalue weighted by molar-refractivity contribution is 0.274. The van der Waals surface area contributed by atoms with Gasteiger partial charge in [0.2, 0.25) is 0 Å². The van der Waals surface area contributed by atoms with Crippen molar-refractivity contribution in [2.45, 2.75) is 0 Å². The second-order valence-corrected chi connectivity index (χ2v) is 3.13. The summed E-state index contributed by atoms with van der Waals surface area (Å²) in [6, 6.07) is 7.34. The van der Waals surface area contributed by atoms with Crippen LogP contribution < -0.4 is 0 Å². The van der Waals surface area contributed by atoms with Crippen LogP contribution in [-0.2, 0) is 4.74 Å². The van der Waals surface area contributed by atoms with E-state index in [-0.39, 0.29) is 0 Å². The first kappa shape index (κ1) is 10.2. The van der Waals surface area contributed by atoms with Crippen LogP contribution in [0.2, 0.25) is 0 Å². The molecule has 0 fully saturated rings. The van der Waals surface area contributed by atoms with E-state index < -0.39 is 0 Å². The lowest BCUT2D eigenvalue weighted by Gasteiger charge is -1.98. The Kier molecular flexibility index (Phi) is 2.59. The van der Waals surface area contributed by atoms with Gasteiger partial charge >= 0.3 is 0 Å². The van der Waals surface area contributed by atoms with Crippen molar-refractivity contribution in [3.8, 4) is 12.1 Å². The van der Waals surface area contributed by atoms with Crippen LogP contribution in [-0.4, -0.2) is 7.11 Å². The maximum atomic E-state index is 9.06. The van der Waals surface area contributed by atoms with E-state index in [1.54, 1.807) is 12.1 Å². The summed E-state index contributed by atoms with van der Waals surface area (Å²) in [4.78, 5) is 0. The minimum Gasteiger partial charge on any atom is -0.465 e. The quantitative estimate of drug-likeness (QED) is 0.764. The maximum Gasteiger partial charge on any atom is 0.149 e. The number of furan rings is 1. The first-order chi connectivity index (χ1) is 7.81. The molecule has 1 aromatic heterocycles. The van der Waals surface area contributed by atoms with Crippen LogP contribution in [0.1, 0.15) is 16.9 Å². The van der Waals surface area contributed by atoms with Crippen LogP contribution in [0, 0.1) is 29.3 Å². The fourth-order valence-electron chi connectivity index (χ4n) is 1.57. The molecule has 0 saturated carbocycles. The summed E-state index contributed by atoms with van der Waals surface area (Å²) in [7, 11) is 1.49. The van der Waals surface area contributed by atoms with Crippen LogP contribution in [0.15, 0.2) is 22.8 Å². The predicted octanol–water partition coefficient (Wildman–Crippen LogP) is 2.33. The molecule has 1 aromatic carbocycles. The zero-order valence-electron chi connectivity index (χ0n) is 8.52. The minimum atomic E-state index is 0.317. The number of hydrogen-bond acceptors (Lipinski definition) is 4. The highest BCUT2D eigenvalue weighted by Gasteiger charge is 2.14. The number of nitriles is 2. The largest absolute Gasteiger partial charge is 0.465 e. The second kappa shape index (κ2) is 4.06. The van der Waals surface area contributed by atoms with Crippen LogP contribution in [0.4, 0.5) is 0 Å². The Morgan fingerprint density at radius 3 is 2.75 bits per heavy atom. The SMILES string of the molecule is CO[CH]c1occ2ccc(C#N)c(C#N)c12. The third-order valence-electron chi connectivity index (χ3n) is 2.25. The Morgan fingerprint density at radius 1 is 1.31 bits per heavy atom. The Hall–Kier alpha value is -2.30. The van der Waals surface area contributed by atoms with E-state index in [9.17, 15) is 0 Å². The zero-order chi connectivity index (χ0) is 11.5. The average Bonchev–Trinajstić information content (AvgIpc) is 2.72. The molecule has 4 heteroatoms. The van der Waals surface area contributed by atoms with Crippen molar-refractivity contribution in [2.24, 2.45) is 0 Å². The maximum absolute atomic E-state index is 9.06. The van der Waals surface area contributed by atoms with Crippen molar-refractivity contribution in [3.63, 3.8) is 0 Å². The van der Waals surface area contributed by atoms with Crippen LogP contribution in [0.5, 0.6) is 0 Å². The van der Waals surface area contributed by atoms with Crippen LogP contribution >= 0.6 is 0 Å². The number of methoxy groups -OCH3 is 1. The van der Waals surface area contributed by atoms with Gasteiger partial charge in [-0.25, -0.2) is 0 Å². The van der Waals surface area contributed by atoms with E-state index in [0.29, 0.717) is 22.3 Å². The van der Waals surface area contributed by atoms with Gasteiger partial charge in [0.25, 0.3) is 0 Å². The summed E-state index contributed by atoms with van der Waals surface area (Å²) in [6.07, 6.45) is 1.53. The number of hydrogen-bond donors (Lipinski definition) is 0. The van der Waals surface area contributed by atoms with Gasteiger partial charge in [0, 0.05) is 17.9 Å². The molecule has 0 amide bonds. The lowest BCUT2D eigenvalue weighted by Crippen LogP contribution is -1.88. The predicted molar refractivity (Wildman–Crippen MR) is 56.1 cm³/mol. The summed E-state index contributed by atoms with van der Waals surface area (Å²) >= 11 is 0. The van der Waals surface area contributed by atoms with Crippen molar-refractivity contribution in [1.29, 1.82) is 10.5 Å². The molecule has 0 saturated heterocycles. The summed E-state index contributed by atoms with van der Waals surface area (Å²) in [6.45, 7) is 1.41. The number of rotatable bonds is 2. The van der Waals surface area contributed by atoms with E-state index in [1.807, 2.05) is 12.1 Å². The highest BCUT2D eigenvalue weighted by molar-refractivity contribution is 5.92. The summed E-state index contributed by atoms with van der Waals surface area (Å²) in [5.41, 5.74) is 0.652. The Morgan fingerprint density at radius 2 is 2.12 bits per heavy atom. The van der Waals surface area contributed by atoms with Gasteiger partial charge in [0.1, 0.15) is 24.5 Å². The molecular weight excluding hydrogens is 204 g/mol. The molecule has 0 aliphatic heterocycles. The number of ether oxygens (including phenoxy) is 1. The van der Waals surface area contributed by atoms with Crippen molar-refractivity contribution in [3.05, 3.63) is 41.9 Å². The van der Waals surface area contributed by atoms with Gasteiger partial charge in [0.15, 0.2) is 0 Å². The molecule has 0 N–H and O–H groups in total. The van der Waals surface area contributed by atoms with Crippen molar-refractivity contribution in [1.82, 2.24) is 0 Å². The van der Waals surface area contributed by atoms with Crippen LogP contribution in [0.25, 0.3) is 10.8 Å². The fraction of sp³-hybridized carbons (Fsp3) is 0.0833. The van der Waals surface area contributed by atoms with E-state index in [4.69, 9.17) is 19.7 Å². The molecule has 1 heterocycles. The molecular formula is C12H7N2O2. The van der Waals surface area contributed by atoms with Crippen molar-refractivity contribution < 1.29 is 9.15 Å². The van der Waals surface area contributed by atoms with Crippen molar-refractivity contribution in [2.75, 3.05) is 7.11 Å². The third kappa shape index (κ3) is 1.42. The normalized spacial score (nSPS) is 9.94. The molecule has 0 atom stereocenters. The highest BCUT2D eigenvalue weighted by atomic mass is 16.5. The van der Waals surface area contributed by atoms with Gasteiger partial charge in [-0.3, -0.25) is 0 Å². The van der Waals surface area contributed by atoms with E-state index in [2.05, 4.69) is 0 Å². The van der Waals surface area contributed by atoms with Gasteiger partial charge in [-0.1, -0.05) is 0 Å². The molecule has 4 nitrogen and oxygen atoms in total. The lowest BCUT2D eigenvalue weighted by atomic mass is 10.0. The van der Waals surface area contributed by atoms with Crippen LogP contribution in [0.3, 0.4) is 0 Å². The molecule has 0 bridgehead atoms. The monoisotopic (exact) mass is 211 g/mol. The molecule has 0 spiro atoms. The highest BCUT2D eigenvalue weighted by Crippen LogP contribution is 2.28. The third-order valence-corrected chi connectivity index (χ3v) is 2.25. The summed E-state index contributed by atoms with van der Waals surface area (Å²) < 4.78 is 10.1. The van der Waals surface area contributed by atoms with Gasteiger partial charge in [-0.05, 0) is 12.1 Å². The number of nitrogens with zero attached hydrogens (tertiary/aromatic N) is 2. The minimum absolute atomic E-state index is 0.317. The Labute approximate surface area is 92.3 Å². The van der Waals surface area contributed by atoms with E-state index in [1.165, 1.54) is 20.0 Å². The Bertz CT molecular complexity index is 614. The molecule has 2 rings (SSSR count). The Balaban J connectivity index is 2.80. The van der Waals surface area contributed by atoms with Gasteiger partial charge in [-0.2, -0.15) is 10.5 Å². The summed E-state index contributed by atoms with van der Waals surface area (Å²) in [5, 5.41) is 19.3. The topological polar surface area (TPSA) is 69.9 Å². The smallest absolute Gasteiger partial charge is 0.149 e. The average molecular weight is 211 g/mol. The van der Waals surface area contributed by atoms with E-state index in [0.717, 1.165) is 5.39 Å². The molecule has 1 radical (unpaired) electrons. The second-order valence-electron chi connectivity index (χ2n) is 3.13. The first-order valence-electron chi connectivity index (χ1n) is 4.52. The van der Waals surface area contributed by atoms with Gasteiger partial charge in [-0.15, -0.1) is 0 Å². The first-order valence-corrected chi connectivity index (χ1v) is 4.52.